The molecule has 2 aliphatic heterocycles. The SMILES string of the molecule is CCCCCCCCCCCC[C@@H](O)[C@@H]1CC[C@H]([C@@H](O)CCCCCCC(=O)CCC[C@@H](O)CC2=C[C@H](C)OC2=O)O1. The highest BCUT2D eigenvalue weighted by Crippen LogP contribution is 2.28. The minimum atomic E-state index is -0.625. The average Bonchev–Trinajstić information content (AvgIpc) is 3.57. The van der Waals surface area contributed by atoms with Crippen molar-refractivity contribution in [2.45, 2.75) is 198 Å². The number of cyclic esters (lactones) is 1. The minimum Gasteiger partial charge on any atom is -0.455 e. The molecule has 0 unspecified atom stereocenters. The number of ketones is 1. The first kappa shape index (κ1) is 36.9. The molecular weight excluding hydrogens is 532 g/mol. The maximum Gasteiger partial charge on any atom is 0.334 e. The summed E-state index contributed by atoms with van der Waals surface area (Å²) in [7, 11) is 0. The maximum absolute atomic E-state index is 12.2. The molecule has 244 valence electrons. The van der Waals surface area contributed by atoms with Crippen molar-refractivity contribution in [1.82, 2.24) is 0 Å². The second-order valence-electron chi connectivity index (χ2n) is 12.9. The van der Waals surface area contributed by atoms with E-state index < -0.39 is 18.3 Å². The van der Waals surface area contributed by atoms with Crippen molar-refractivity contribution in [2.75, 3.05) is 0 Å². The molecule has 2 rings (SSSR count). The summed E-state index contributed by atoms with van der Waals surface area (Å²) >= 11 is 0. The summed E-state index contributed by atoms with van der Waals surface area (Å²) < 4.78 is 11.1. The van der Waals surface area contributed by atoms with Crippen LogP contribution in [0.1, 0.15) is 162 Å². The van der Waals surface area contributed by atoms with Gasteiger partial charge in [-0.1, -0.05) is 90.4 Å². The number of carbonyl (C=O) groups excluding carboxylic acids is 2. The number of Topliss-reactive ketones (excluding diaryl/α,β-unsaturated/α-hetero) is 1. The number of aliphatic hydroxyl groups excluding tert-OH is 3. The largest absolute Gasteiger partial charge is 0.455 e. The summed E-state index contributed by atoms with van der Waals surface area (Å²) in [6, 6.07) is 0. The lowest BCUT2D eigenvalue weighted by Gasteiger charge is -2.22. The molecule has 42 heavy (non-hydrogen) atoms. The molecule has 1 fully saturated rings. The lowest BCUT2D eigenvalue weighted by molar-refractivity contribution is -0.139. The predicted octanol–water partition coefficient (Wildman–Crippen LogP) is 7.27. The monoisotopic (exact) mass is 594 g/mol. The first-order valence-electron chi connectivity index (χ1n) is 17.4. The molecule has 0 saturated carbocycles. The predicted molar refractivity (Wildman–Crippen MR) is 167 cm³/mol. The van der Waals surface area contributed by atoms with Gasteiger partial charge < -0.3 is 24.8 Å². The van der Waals surface area contributed by atoms with Gasteiger partial charge in [0.25, 0.3) is 0 Å². The zero-order valence-electron chi connectivity index (χ0n) is 26.8. The molecule has 6 atom stereocenters. The van der Waals surface area contributed by atoms with Crippen LogP contribution in [0.25, 0.3) is 0 Å². The minimum absolute atomic E-state index is 0.143. The Morgan fingerprint density at radius 1 is 0.762 bits per heavy atom. The van der Waals surface area contributed by atoms with Crippen LogP contribution in [0.5, 0.6) is 0 Å². The summed E-state index contributed by atoms with van der Waals surface area (Å²) in [5.74, 6) is -0.129. The Balaban J connectivity index is 1.41. The van der Waals surface area contributed by atoms with Gasteiger partial charge >= 0.3 is 5.97 Å². The Morgan fingerprint density at radius 2 is 1.26 bits per heavy atom. The van der Waals surface area contributed by atoms with Crippen LogP contribution >= 0.6 is 0 Å². The first-order chi connectivity index (χ1) is 20.3. The lowest BCUT2D eigenvalue weighted by atomic mass is 9.99. The second kappa shape index (κ2) is 22.3. The van der Waals surface area contributed by atoms with E-state index in [2.05, 4.69) is 6.92 Å². The van der Waals surface area contributed by atoms with Crippen LogP contribution in [0.2, 0.25) is 0 Å². The van der Waals surface area contributed by atoms with Crippen LogP contribution in [0.15, 0.2) is 11.6 Å². The molecule has 0 aromatic carbocycles. The zero-order chi connectivity index (χ0) is 30.6. The van der Waals surface area contributed by atoms with E-state index in [0.29, 0.717) is 37.7 Å². The van der Waals surface area contributed by atoms with E-state index in [4.69, 9.17) is 9.47 Å². The fourth-order valence-corrected chi connectivity index (χ4v) is 6.29. The first-order valence-corrected chi connectivity index (χ1v) is 17.4. The molecule has 3 N–H and O–H groups in total. The number of esters is 1. The van der Waals surface area contributed by atoms with Gasteiger partial charge in [-0.05, 0) is 57.9 Å². The van der Waals surface area contributed by atoms with Crippen LogP contribution in [-0.4, -0.2) is 63.7 Å². The Morgan fingerprint density at radius 3 is 1.79 bits per heavy atom. The molecule has 0 aromatic rings. The molecular formula is C35H62O7. The third-order valence-electron chi connectivity index (χ3n) is 8.94. The molecule has 0 aromatic heterocycles. The van der Waals surface area contributed by atoms with E-state index >= 15 is 0 Å². The second-order valence-corrected chi connectivity index (χ2v) is 12.9. The van der Waals surface area contributed by atoms with Crippen LogP contribution in [0.4, 0.5) is 0 Å². The Hall–Kier alpha value is -1.28. The highest BCUT2D eigenvalue weighted by Gasteiger charge is 2.34. The third-order valence-corrected chi connectivity index (χ3v) is 8.94. The van der Waals surface area contributed by atoms with E-state index in [1.54, 1.807) is 13.0 Å². The van der Waals surface area contributed by atoms with Gasteiger partial charge in [0.05, 0.1) is 30.5 Å². The normalized spacial score (nSPS) is 22.6. The highest BCUT2D eigenvalue weighted by molar-refractivity contribution is 5.90. The average molecular weight is 595 g/mol. The van der Waals surface area contributed by atoms with Gasteiger partial charge in [0.15, 0.2) is 0 Å². The summed E-state index contributed by atoms with van der Waals surface area (Å²) in [5.41, 5.74) is 0.530. The van der Waals surface area contributed by atoms with E-state index in [-0.39, 0.29) is 36.5 Å². The van der Waals surface area contributed by atoms with Gasteiger partial charge in [0.1, 0.15) is 11.9 Å². The number of aliphatic hydroxyl groups is 3. The van der Waals surface area contributed by atoms with Gasteiger partial charge in [0.2, 0.25) is 0 Å². The fraction of sp³-hybridized carbons (Fsp3) is 0.886. The number of rotatable bonds is 26. The molecule has 0 radical (unpaired) electrons. The zero-order valence-corrected chi connectivity index (χ0v) is 26.8. The molecule has 2 aliphatic rings. The molecule has 7 nitrogen and oxygen atoms in total. The molecule has 1 saturated heterocycles. The summed E-state index contributed by atoms with van der Waals surface area (Å²) in [5, 5.41) is 31.3. The number of hydrogen-bond donors (Lipinski definition) is 3. The van der Waals surface area contributed by atoms with Crippen molar-refractivity contribution in [2.24, 2.45) is 0 Å². The maximum atomic E-state index is 12.2. The van der Waals surface area contributed by atoms with Gasteiger partial charge in [-0.25, -0.2) is 4.79 Å². The number of carbonyl (C=O) groups is 2. The van der Waals surface area contributed by atoms with Gasteiger partial charge in [-0.2, -0.15) is 0 Å². The standard InChI is InChI=1S/C35H62O7/c1-3-4-5-6-7-8-9-10-11-15-21-31(38)33-23-24-34(42-33)32(39)22-16-13-12-14-18-29(36)19-17-20-30(37)26-28-25-27(2)41-35(28)40/h25,27,30-34,37-39H,3-24,26H2,1-2H3/t27-,30+,31+,32-,33-,34+/m0/s1. The molecule has 7 heteroatoms. The molecule has 0 amide bonds. The third kappa shape index (κ3) is 16.0. The number of unbranched alkanes of at least 4 members (excludes halogenated alkanes) is 12. The van der Waals surface area contributed by atoms with Crippen molar-refractivity contribution >= 4 is 11.8 Å². The van der Waals surface area contributed by atoms with Crippen molar-refractivity contribution < 1.29 is 34.4 Å². The van der Waals surface area contributed by atoms with Gasteiger partial charge in [-0.3, -0.25) is 4.79 Å². The summed E-state index contributed by atoms with van der Waals surface area (Å²) in [6.07, 6.45) is 21.8. The molecule has 0 spiro atoms. The van der Waals surface area contributed by atoms with Crippen molar-refractivity contribution in [3.8, 4) is 0 Å². The summed E-state index contributed by atoms with van der Waals surface area (Å²) in [4.78, 5) is 23.8. The Labute approximate surface area is 255 Å². The highest BCUT2D eigenvalue weighted by atomic mass is 16.5. The van der Waals surface area contributed by atoms with E-state index in [0.717, 1.165) is 51.4 Å². The molecule has 2 heterocycles. The van der Waals surface area contributed by atoms with Crippen LogP contribution in [0, 0.1) is 0 Å². The van der Waals surface area contributed by atoms with Crippen molar-refractivity contribution in [3.05, 3.63) is 11.6 Å². The summed E-state index contributed by atoms with van der Waals surface area (Å²) in [6.45, 7) is 4.05. The Bertz CT molecular complexity index is 766. The Kier molecular flexibility index (Phi) is 19.6. The topological polar surface area (TPSA) is 113 Å². The van der Waals surface area contributed by atoms with E-state index in [1.807, 2.05) is 0 Å². The van der Waals surface area contributed by atoms with E-state index in [9.17, 15) is 24.9 Å². The van der Waals surface area contributed by atoms with Crippen LogP contribution < -0.4 is 0 Å². The number of ether oxygens (including phenoxy) is 2. The van der Waals surface area contributed by atoms with Crippen molar-refractivity contribution in [3.63, 3.8) is 0 Å². The van der Waals surface area contributed by atoms with Crippen LogP contribution in [-0.2, 0) is 19.1 Å². The van der Waals surface area contributed by atoms with Crippen LogP contribution in [0.3, 0.4) is 0 Å². The number of hydrogen-bond acceptors (Lipinski definition) is 7. The lowest BCUT2D eigenvalue weighted by Crippen LogP contribution is -2.31. The molecule has 0 bridgehead atoms. The quantitative estimate of drug-likeness (QED) is 0.0713. The fourth-order valence-electron chi connectivity index (χ4n) is 6.29. The molecule has 0 aliphatic carbocycles. The smallest absolute Gasteiger partial charge is 0.334 e. The van der Waals surface area contributed by atoms with Gasteiger partial charge in [0, 0.05) is 24.8 Å². The van der Waals surface area contributed by atoms with Gasteiger partial charge in [-0.15, -0.1) is 0 Å². The van der Waals surface area contributed by atoms with E-state index in [1.165, 1.54) is 57.8 Å². The van der Waals surface area contributed by atoms with Crippen molar-refractivity contribution in [1.29, 1.82) is 0 Å².